The highest BCUT2D eigenvalue weighted by Crippen LogP contribution is 2.27. The van der Waals surface area contributed by atoms with Gasteiger partial charge in [0.25, 0.3) is 0 Å². The van der Waals surface area contributed by atoms with Gasteiger partial charge >= 0.3 is 0 Å². The predicted molar refractivity (Wildman–Crippen MR) is 153 cm³/mol. The number of amides is 1. The first-order chi connectivity index (χ1) is 18.7. The summed E-state index contributed by atoms with van der Waals surface area (Å²) in [5.74, 6) is -0.176. The Labute approximate surface area is 224 Å². The molecule has 1 saturated heterocycles. The summed E-state index contributed by atoms with van der Waals surface area (Å²) >= 11 is 0. The molecular weight excluding hydrogens is 474 g/mol. The number of morpholine rings is 1. The Kier molecular flexibility index (Phi) is 8.58. The second-order valence-corrected chi connectivity index (χ2v) is 9.72. The molecule has 1 aliphatic heterocycles. The van der Waals surface area contributed by atoms with Gasteiger partial charge in [0.05, 0.1) is 30.6 Å². The highest BCUT2D eigenvalue weighted by molar-refractivity contribution is 6.02. The van der Waals surface area contributed by atoms with E-state index in [0.717, 1.165) is 79.2 Å². The van der Waals surface area contributed by atoms with Crippen LogP contribution in [0.3, 0.4) is 0 Å². The minimum absolute atomic E-state index is 0.176. The van der Waals surface area contributed by atoms with Gasteiger partial charge in [-0.3, -0.25) is 14.7 Å². The zero-order chi connectivity index (χ0) is 26.2. The number of carbonyl (C=O) groups is 1. The number of imidazole rings is 1. The van der Waals surface area contributed by atoms with Crippen molar-refractivity contribution in [3.05, 3.63) is 84.5 Å². The molecule has 7 heteroatoms. The van der Waals surface area contributed by atoms with Crippen LogP contribution in [0.2, 0.25) is 0 Å². The molecule has 0 saturated carbocycles. The van der Waals surface area contributed by atoms with E-state index < -0.39 is 0 Å². The maximum atomic E-state index is 12.7. The molecule has 0 spiro atoms. The van der Waals surface area contributed by atoms with Gasteiger partial charge in [0.2, 0.25) is 5.91 Å². The van der Waals surface area contributed by atoms with Gasteiger partial charge in [0, 0.05) is 55.9 Å². The van der Waals surface area contributed by atoms with Crippen LogP contribution >= 0.6 is 0 Å². The number of rotatable bonds is 10. The number of aryl methyl sites for hydroxylation is 1. The summed E-state index contributed by atoms with van der Waals surface area (Å²) in [7, 11) is 0. The molecule has 1 fully saturated rings. The number of carbonyl (C=O) groups excluding carboxylic acids is 1. The van der Waals surface area contributed by atoms with E-state index in [2.05, 4.69) is 62.0 Å². The third kappa shape index (κ3) is 6.54. The van der Waals surface area contributed by atoms with Gasteiger partial charge in [-0.15, -0.1) is 0 Å². The van der Waals surface area contributed by atoms with Crippen LogP contribution in [0.1, 0.15) is 37.3 Å². The quantitative estimate of drug-likeness (QED) is 0.217. The summed E-state index contributed by atoms with van der Waals surface area (Å²) in [5.41, 5.74) is 7.11. The van der Waals surface area contributed by atoms with Crippen molar-refractivity contribution in [3.8, 4) is 11.1 Å². The molecule has 0 bridgehead atoms. The second-order valence-electron chi connectivity index (χ2n) is 9.72. The van der Waals surface area contributed by atoms with Gasteiger partial charge in [0.15, 0.2) is 0 Å². The van der Waals surface area contributed by atoms with Crippen LogP contribution < -0.4 is 5.32 Å². The summed E-state index contributed by atoms with van der Waals surface area (Å²) in [6.07, 6.45) is 12.4. The molecule has 4 aromatic rings. The van der Waals surface area contributed by atoms with E-state index >= 15 is 0 Å². The van der Waals surface area contributed by atoms with Crippen molar-refractivity contribution in [3.63, 3.8) is 0 Å². The number of nitrogens with zero attached hydrogens (tertiary/aromatic N) is 4. The summed E-state index contributed by atoms with van der Waals surface area (Å²) < 4.78 is 7.65. The van der Waals surface area contributed by atoms with Crippen LogP contribution in [0, 0.1) is 0 Å². The van der Waals surface area contributed by atoms with E-state index in [-0.39, 0.29) is 5.91 Å². The summed E-state index contributed by atoms with van der Waals surface area (Å²) in [4.78, 5) is 23.9. The number of unbranched alkanes of at least 4 members (excludes halogenated alkanes) is 2. The molecule has 0 atom stereocenters. The van der Waals surface area contributed by atoms with Crippen molar-refractivity contribution in [2.75, 3.05) is 31.6 Å². The fourth-order valence-electron chi connectivity index (χ4n) is 4.80. The molecule has 1 aliphatic rings. The number of nitrogens with one attached hydrogen (secondary N) is 1. The Hall–Kier alpha value is -3.81. The van der Waals surface area contributed by atoms with Crippen LogP contribution in [-0.2, 0) is 22.6 Å². The molecule has 2 aromatic heterocycles. The lowest BCUT2D eigenvalue weighted by molar-refractivity contribution is -0.111. The summed E-state index contributed by atoms with van der Waals surface area (Å²) in [6.45, 7) is 7.56. The molecule has 38 heavy (non-hydrogen) atoms. The fraction of sp³-hybridized carbons (Fsp3) is 0.323. The largest absolute Gasteiger partial charge is 0.379 e. The zero-order valence-electron chi connectivity index (χ0n) is 22.0. The Morgan fingerprint density at radius 3 is 2.74 bits per heavy atom. The highest BCUT2D eigenvalue weighted by atomic mass is 16.5. The van der Waals surface area contributed by atoms with E-state index in [1.807, 2.05) is 30.6 Å². The molecule has 3 heterocycles. The summed E-state index contributed by atoms with van der Waals surface area (Å²) in [5, 5.41) is 2.96. The topological polar surface area (TPSA) is 72.3 Å². The molecule has 7 nitrogen and oxygen atoms in total. The number of ether oxygens (including phenoxy) is 1. The Bertz CT molecular complexity index is 1390. The van der Waals surface area contributed by atoms with Crippen molar-refractivity contribution >= 4 is 28.7 Å². The van der Waals surface area contributed by atoms with Crippen LogP contribution in [0.5, 0.6) is 0 Å². The van der Waals surface area contributed by atoms with Gasteiger partial charge in [-0.05, 0) is 59.5 Å². The van der Waals surface area contributed by atoms with E-state index in [1.54, 1.807) is 18.5 Å². The minimum Gasteiger partial charge on any atom is -0.379 e. The first-order valence-corrected chi connectivity index (χ1v) is 13.5. The monoisotopic (exact) mass is 509 g/mol. The first kappa shape index (κ1) is 25.8. The van der Waals surface area contributed by atoms with Gasteiger partial charge in [-0.25, -0.2) is 4.98 Å². The lowest BCUT2D eigenvalue weighted by atomic mass is 10.0. The number of anilines is 1. The molecule has 5 rings (SSSR count). The molecular formula is C31H35N5O2. The first-order valence-electron chi connectivity index (χ1n) is 13.5. The molecule has 1 amide bonds. The van der Waals surface area contributed by atoms with Crippen molar-refractivity contribution in [2.45, 2.75) is 39.3 Å². The number of pyridine rings is 1. The Balaban J connectivity index is 1.26. The average Bonchev–Trinajstić information content (AvgIpc) is 3.36. The molecule has 0 aliphatic carbocycles. The van der Waals surface area contributed by atoms with Crippen LogP contribution in [-0.4, -0.2) is 51.6 Å². The number of benzene rings is 2. The SMILES string of the molecule is CCCCCn1cnc2ccc(-c3ccncc3/C=C/C(=O)Nc3ccc(CN4CCOCC4)cc3)cc21. The third-order valence-electron chi connectivity index (χ3n) is 6.93. The van der Waals surface area contributed by atoms with Crippen molar-refractivity contribution in [1.82, 2.24) is 19.4 Å². The van der Waals surface area contributed by atoms with Gasteiger partial charge in [-0.1, -0.05) is 38.0 Å². The van der Waals surface area contributed by atoms with Crippen molar-refractivity contribution < 1.29 is 9.53 Å². The molecule has 2 aromatic carbocycles. The van der Waals surface area contributed by atoms with Crippen LogP contribution in [0.4, 0.5) is 5.69 Å². The lowest BCUT2D eigenvalue weighted by Crippen LogP contribution is -2.35. The number of hydrogen-bond acceptors (Lipinski definition) is 5. The van der Waals surface area contributed by atoms with Gasteiger partial charge < -0.3 is 14.6 Å². The number of hydrogen-bond donors (Lipinski definition) is 1. The van der Waals surface area contributed by atoms with Crippen LogP contribution in [0.25, 0.3) is 28.2 Å². The van der Waals surface area contributed by atoms with E-state index in [9.17, 15) is 4.79 Å². The zero-order valence-corrected chi connectivity index (χ0v) is 22.0. The van der Waals surface area contributed by atoms with E-state index in [4.69, 9.17) is 4.74 Å². The molecule has 0 unspecified atom stereocenters. The average molecular weight is 510 g/mol. The van der Waals surface area contributed by atoms with Gasteiger partial charge in [0.1, 0.15) is 0 Å². The Morgan fingerprint density at radius 2 is 1.92 bits per heavy atom. The normalized spacial score (nSPS) is 14.3. The molecule has 1 N–H and O–H groups in total. The Morgan fingerprint density at radius 1 is 1.08 bits per heavy atom. The molecule has 196 valence electrons. The molecule has 0 radical (unpaired) electrons. The van der Waals surface area contributed by atoms with Crippen molar-refractivity contribution in [2.24, 2.45) is 0 Å². The maximum Gasteiger partial charge on any atom is 0.248 e. The van der Waals surface area contributed by atoms with E-state index in [1.165, 1.54) is 18.4 Å². The standard InChI is InChI=1S/C31H35N5O2/c1-2-3-4-15-36-23-33-29-11-7-25(20-30(29)36)28-13-14-32-21-26(28)8-12-31(37)34-27-9-5-24(6-10-27)22-35-16-18-38-19-17-35/h5-14,20-21,23H,2-4,15-19,22H2,1H3,(H,34,37)/b12-8+. The third-order valence-corrected chi connectivity index (χ3v) is 6.93. The van der Waals surface area contributed by atoms with E-state index in [0.29, 0.717) is 0 Å². The fourth-order valence-corrected chi connectivity index (χ4v) is 4.80. The summed E-state index contributed by atoms with van der Waals surface area (Å²) in [6, 6.07) is 16.4. The van der Waals surface area contributed by atoms with Crippen LogP contribution in [0.15, 0.2) is 73.3 Å². The predicted octanol–water partition coefficient (Wildman–Crippen LogP) is 5.77. The number of fused-ring (bicyclic) bond motifs is 1. The smallest absolute Gasteiger partial charge is 0.248 e. The minimum atomic E-state index is -0.176. The van der Waals surface area contributed by atoms with Gasteiger partial charge in [-0.2, -0.15) is 0 Å². The highest BCUT2D eigenvalue weighted by Gasteiger charge is 2.11. The maximum absolute atomic E-state index is 12.7. The lowest BCUT2D eigenvalue weighted by Gasteiger charge is -2.26. The second kappa shape index (κ2) is 12.6. The van der Waals surface area contributed by atoms with Crippen molar-refractivity contribution in [1.29, 1.82) is 0 Å². The number of aromatic nitrogens is 3.